The third kappa shape index (κ3) is 3.43. The van der Waals surface area contributed by atoms with Crippen LogP contribution in [0.15, 0.2) is 121 Å². The van der Waals surface area contributed by atoms with Gasteiger partial charge in [-0.3, -0.25) is 9.97 Å². The van der Waals surface area contributed by atoms with Gasteiger partial charge in [-0.05, 0) is 82.3 Å². The number of nitrogens with zero attached hydrogens (tertiary/aromatic N) is 2. The van der Waals surface area contributed by atoms with E-state index in [9.17, 15) is 0 Å². The quantitative estimate of drug-likeness (QED) is 0.209. The Morgan fingerprint density at radius 3 is 1.27 bits per heavy atom. The second kappa shape index (κ2) is 9.34. The highest BCUT2D eigenvalue weighted by Crippen LogP contribution is 2.55. The van der Waals surface area contributed by atoms with Gasteiger partial charge < -0.3 is 0 Å². The van der Waals surface area contributed by atoms with Crippen LogP contribution in [0.4, 0.5) is 0 Å². The summed E-state index contributed by atoms with van der Waals surface area (Å²) in [6.07, 6.45) is 4.14. The molecule has 2 aromatic heterocycles. The van der Waals surface area contributed by atoms with E-state index in [4.69, 9.17) is 9.97 Å². The first-order chi connectivity index (χ1) is 21.6. The molecule has 3 aliphatic rings. The van der Waals surface area contributed by atoms with Crippen molar-refractivity contribution in [3.8, 4) is 22.5 Å². The van der Waals surface area contributed by atoms with Crippen LogP contribution in [-0.4, -0.2) is 9.97 Å². The minimum Gasteiger partial charge on any atom is -0.251 e. The van der Waals surface area contributed by atoms with E-state index in [0.29, 0.717) is 0 Å². The highest BCUT2D eigenvalue weighted by atomic mass is 14.8. The standard InChI is InChI=1S/C42H34N2/c1-41(2)33-15-7-9-17-35(33)42(36-18-10-8-16-34(36)41,37-25-23-29-21-19-27-11-3-5-13-31(27)39(29)43-37)38-26-24-30-22-20-28-12-4-6-14-32(28)40(30)44-38/h3-18,23-26H,19-22H2,1-2H3. The van der Waals surface area contributed by atoms with Crippen LogP contribution in [0.5, 0.6) is 0 Å². The molecule has 2 heteroatoms. The summed E-state index contributed by atoms with van der Waals surface area (Å²) in [6.45, 7) is 4.73. The zero-order chi connectivity index (χ0) is 29.5. The maximum atomic E-state index is 5.69. The molecule has 2 nitrogen and oxygen atoms in total. The summed E-state index contributed by atoms with van der Waals surface area (Å²) in [4.78, 5) is 11.4. The van der Waals surface area contributed by atoms with E-state index in [1.54, 1.807) is 0 Å². The summed E-state index contributed by atoms with van der Waals surface area (Å²) in [5.41, 5.74) is 16.6. The van der Waals surface area contributed by atoms with E-state index >= 15 is 0 Å². The van der Waals surface area contributed by atoms with E-state index in [-0.39, 0.29) is 5.41 Å². The van der Waals surface area contributed by atoms with Crippen LogP contribution in [0, 0.1) is 0 Å². The second-order valence-corrected chi connectivity index (χ2v) is 13.2. The monoisotopic (exact) mass is 566 g/mol. The lowest BCUT2D eigenvalue weighted by Crippen LogP contribution is -2.43. The van der Waals surface area contributed by atoms with E-state index in [1.807, 2.05) is 0 Å². The number of rotatable bonds is 2. The Morgan fingerprint density at radius 1 is 0.409 bits per heavy atom. The maximum absolute atomic E-state index is 5.69. The molecule has 0 aliphatic heterocycles. The van der Waals surface area contributed by atoms with Gasteiger partial charge in [0.2, 0.25) is 0 Å². The topological polar surface area (TPSA) is 25.8 Å². The first kappa shape index (κ1) is 25.7. The minimum atomic E-state index is -0.675. The van der Waals surface area contributed by atoms with Gasteiger partial charge in [0.05, 0.1) is 22.8 Å². The lowest BCUT2D eigenvalue weighted by molar-refractivity contribution is 0.545. The number of pyridine rings is 2. The Hall–Kier alpha value is -4.82. The van der Waals surface area contributed by atoms with Gasteiger partial charge in [-0.25, -0.2) is 0 Å². The van der Waals surface area contributed by atoms with Gasteiger partial charge in [0.25, 0.3) is 0 Å². The van der Waals surface area contributed by atoms with Gasteiger partial charge in [0.1, 0.15) is 5.41 Å². The van der Waals surface area contributed by atoms with Crippen molar-refractivity contribution in [3.05, 3.63) is 177 Å². The molecule has 0 unspecified atom stereocenters. The van der Waals surface area contributed by atoms with Crippen LogP contribution in [0.2, 0.25) is 0 Å². The molecule has 0 radical (unpaired) electrons. The van der Waals surface area contributed by atoms with Crippen molar-refractivity contribution in [3.63, 3.8) is 0 Å². The number of aryl methyl sites for hydroxylation is 4. The number of fused-ring (bicyclic) bond motifs is 8. The van der Waals surface area contributed by atoms with Crippen molar-refractivity contribution < 1.29 is 0 Å². The van der Waals surface area contributed by atoms with Crippen molar-refractivity contribution in [2.24, 2.45) is 0 Å². The molecule has 0 spiro atoms. The molecule has 0 N–H and O–H groups in total. The summed E-state index contributed by atoms with van der Waals surface area (Å²) in [6, 6.07) is 45.0. The molecule has 3 aliphatic carbocycles. The van der Waals surface area contributed by atoms with Gasteiger partial charge in [-0.1, -0.05) is 123 Å². The fraction of sp³-hybridized carbons (Fsp3) is 0.190. The van der Waals surface area contributed by atoms with Gasteiger partial charge in [-0.15, -0.1) is 0 Å². The number of benzene rings is 4. The van der Waals surface area contributed by atoms with Gasteiger partial charge in [0, 0.05) is 16.5 Å². The van der Waals surface area contributed by atoms with Crippen LogP contribution in [-0.2, 0) is 36.5 Å². The largest absolute Gasteiger partial charge is 0.251 e. The summed E-state index contributed by atoms with van der Waals surface area (Å²) in [5.74, 6) is 0. The maximum Gasteiger partial charge on any atom is 0.105 e. The lowest BCUT2D eigenvalue weighted by Gasteiger charge is -2.47. The molecule has 2 heterocycles. The second-order valence-electron chi connectivity index (χ2n) is 13.2. The Morgan fingerprint density at radius 2 is 0.795 bits per heavy atom. The molecule has 0 saturated heterocycles. The fourth-order valence-corrected chi connectivity index (χ4v) is 8.42. The highest BCUT2D eigenvalue weighted by molar-refractivity contribution is 5.75. The van der Waals surface area contributed by atoms with Crippen LogP contribution in [0.3, 0.4) is 0 Å². The molecule has 0 fully saturated rings. The van der Waals surface area contributed by atoms with Crippen molar-refractivity contribution in [2.75, 3.05) is 0 Å². The molecule has 9 rings (SSSR count). The summed E-state index contributed by atoms with van der Waals surface area (Å²) in [5, 5.41) is 0. The summed E-state index contributed by atoms with van der Waals surface area (Å²) >= 11 is 0. The molecular weight excluding hydrogens is 532 g/mol. The molecule has 44 heavy (non-hydrogen) atoms. The Labute approximate surface area is 259 Å². The third-order valence-corrected chi connectivity index (χ3v) is 10.6. The average Bonchev–Trinajstić information content (AvgIpc) is 3.08. The SMILES string of the molecule is CC1(C)c2ccccc2C(c2ccc3c(n2)-c2ccccc2CC3)(c2ccc3c(n2)-c2ccccc2CC3)c2ccccc21. The van der Waals surface area contributed by atoms with Crippen molar-refractivity contribution in [1.82, 2.24) is 9.97 Å². The van der Waals surface area contributed by atoms with Crippen molar-refractivity contribution in [2.45, 2.75) is 50.4 Å². The van der Waals surface area contributed by atoms with Crippen molar-refractivity contribution >= 4 is 0 Å². The predicted molar refractivity (Wildman–Crippen MR) is 178 cm³/mol. The molecular formula is C42H34N2. The molecule has 0 amide bonds. The van der Waals surface area contributed by atoms with Crippen LogP contribution in [0.1, 0.15) is 69.7 Å². The molecule has 0 atom stereocenters. The Balaban J connectivity index is 1.41. The smallest absolute Gasteiger partial charge is 0.105 e. The van der Waals surface area contributed by atoms with Crippen LogP contribution < -0.4 is 0 Å². The Bertz CT molecular complexity index is 1970. The average molecular weight is 567 g/mol. The lowest BCUT2D eigenvalue weighted by atomic mass is 9.56. The molecule has 6 aromatic rings. The molecule has 212 valence electrons. The normalized spacial score (nSPS) is 16.4. The van der Waals surface area contributed by atoms with Gasteiger partial charge >= 0.3 is 0 Å². The van der Waals surface area contributed by atoms with Gasteiger partial charge in [0.15, 0.2) is 0 Å². The predicted octanol–water partition coefficient (Wildman–Crippen LogP) is 9.03. The number of hydrogen-bond donors (Lipinski definition) is 0. The zero-order valence-electron chi connectivity index (χ0n) is 25.3. The van der Waals surface area contributed by atoms with Crippen molar-refractivity contribution in [1.29, 1.82) is 0 Å². The first-order valence-electron chi connectivity index (χ1n) is 15.9. The number of aromatic nitrogens is 2. The molecule has 0 bridgehead atoms. The van der Waals surface area contributed by atoms with Crippen LogP contribution >= 0.6 is 0 Å². The minimum absolute atomic E-state index is 0.168. The van der Waals surface area contributed by atoms with Crippen LogP contribution in [0.25, 0.3) is 22.5 Å². The fourth-order valence-electron chi connectivity index (χ4n) is 8.42. The van der Waals surface area contributed by atoms with Gasteiger partial charge in [-0.2, -0.15) is 0 Å². The summed E-state index contributed by atoms with van der Waals surface area (Å²) in [7, 11) is 0. The van der Waals surface area contributed by atoms with E-state index in [0.717, 1.165) is 48.5 Å². The molecule has 4 aromatic carbocycles. The zero-order valence-corrected chi connectivity index (χ0v) is 25.3. The highest BCUT2D eigenvalue weighted by Gasteiger charge is 2.51. The van der Waals surface area contributed by atoms with E-state index in [2.05, 4.69) is 135 Å². The third-order valence-electron chi connectivity index (χ3n) is 10.6. The Kier molecular flexibility index (Phi) is 5.45. The molecule has 0 saturated carbocycles. The van der Waals surface area contributed by atoms with E-state index < -0.39 is 5.41 Å². The van der Waals surface area contributed by atoms with E-state index in [1.165, 1.54) is 55.6 Å². The first-order valence-corrected chi connectivity index (χ1v) is 15.9. The summed E-state index contributed by atoms with van der Waals surface area (Å²) < 4.78 is 0. The number of hydrogen-bond acceptors (Lipinski definition) is 2.